The van der Waals surface area contributed by atoms with E-state index in [1.165, 1.54) is 0 Å². The second-order valence-electron chi connectivity index (χ2n) is 6.15. The summed E-state index contributed by atoms with van der Waals surface area (Å²) < 4.78 is 5.43. The normalized spacial score (nSPS) is 14.7. The van der Waals surface area contributed by atoms with Gasteiger partial charge in [0.05, 0.1) is 41.5 Å². The molecule has 7 heteroatoms. The second-order valence-corrected chi connectivity index (χ2v) is 6.15. The molecule has 0 bridgehead atoms. The summed E-state index contributed by atoms with van der Waals surface area (Å²) in [6.07, 6.45) is 0.751. The topological polar surface area (TPSA) is 107 Å². The van der Waals surface area contributed by atoms with Crippen LogP contribution in [-0.4, -0.2) is 21.6 Å². The molecule has 0 aliphatic carbocycles. The van der Waals surface area contributed by atoms with E-state index in [0.717, 1.165) is 34.3 Å². The lowest BCUT2D eigenvalue weighted by molar-refractivity contribution is 0.109. The van der Waals surface area contributed by atoms with Crippen molar-refractivity contribution in [1.82, 2.24) is 15.0 Å². The lowest BCUT2D eigenvalue weighted by Crippen LogP contribution is -2.16. The van der Waals surface area contributed by atoms with Crippen molar-refractivity contribution in [2.75, 3.05) is 11.9 Å². The number of aromatic nitrogens is 3. The first kappa shape index (κ1) is 15.4. The Morgan fingerprint density at radius 3 is 3.00 bits per heavy atom. The molecule has 4 rings (SSSR count). The van der Waals surface area contributed by atoms with Gasteiger partial charge in [0.1, 0.15) is 11.9 Å². The van der Waals surface area contributed by atoms with Gasteiger partial charge in [-0.25, -0.2) is 9.78 Å². The molecule has 1 unspecified atom stereocenters. The quantitative estimate of drug-likeness (QED) is 0.681. The number of H-pyrrole nitrogens is 2. The van der Waals surface area contributed by atoms with Crippen LogP contribution in [0, 0.1) is 11.3 Å². The van der Waals surface area contributed by atoms with E-state index in [9.17, 15) is 10.1 Å². The van der Waals surface area contributed by atoms with Crippen LogP contribution >= 0.6 is 0 Å². The second kappa shape index (κ2) is 6.07. The van der Waals surface area contributed by atoms with Gasteiger partial charge in [-0.1, -0.05) is 6.07 Å². The highest BCUT2D eigenvalue weighted by molar-refractivity contribution is 5.75. The molecule has 3 N–H and O–H groups in total. The van der Waals surface area contributed by atoms with E-state index in [4.69, 9.17) is 4.74 Å². The Morgan fingerprint density at radius 2 is 2.16 bits per heavy atom. The highest BCUT2D eigenvalue weighted by atomic mass is 16.5. The standard InChI is InChI=1S/C18H17N5O2/c1-10(11-2-3-15-16(7-11)23-18(24)22-15)20-17-12(8-19)6-13-9-25-5-4-14(13)21-17/h2-3,6-7,10H,4-5,9H2,1H3,(H,20,21)(H2,22,23,24). The van der Waals surface area contributed by atoms with Crippen LogP contribution < -0.4 is 11.0 Å². The minimum atomic E-state index is -0.224. The van der Waals surface area contributed by atoms with Gasteiger partial charge in [-0.3, -0.25) is 0 Å². The van der Waals surface area contributed by atoms with E-state index in [1.54, 1.807) is 0 Å². The number of nitrogens with one attached hydrogen (secondary N) is 3. The maximum absolute atomic E-state index is 11.4. The van der Waals surface area contributed by atoms with Crippen LogP contribution in [-0.2, 0) is 17.8 Å². The van der Waals surface area contributed by atoms with Crippen LogP contribution in [0.15, 0.2) is 29.1 Å². The van der Waals surface area contributed by atoms with Crippen molar-refractivity contribution < 1.29 is 4.74 Å². The van der Waals surface area contributed by atoms with E-state index in [-0.39, 0.29) is 11.7 Å². The monoisotopic (exact) mass is 335 g/mol. The number of nitriles is 1. The zero-order valence-corrected chi connectivity index (χ0v) is 13.7. The summed E-state index contributed by atoms with van der Waals surface area (Å²) in [4.78, 5) is 21.5. The van der Waals surface area contributed by atoms with Gasteiger partial charge in [0.15, 0.2) is 0 Å². The summed E-state index contributed by atoms with van der Waals surface area (Å²) in [5, 5.41) is 12.8. The first-order chi connectivity index (χ1) is 12.1. The number of pyridine rings is 1. The number of nitrogens with zero attached hydrogens (tertiary/aromatic N) is 2. The molecule has 0 saturated heterocycles. The van der Waals surface area contributed by atoms with Crippen LogP contribution in [0.2, 0.25) is 0 Å². The van der Waals surface area contributed by atoms with Crippen molar-refractivity contribution in [2.45, 2.75) is 26.0 Å². The molecule has 0 saturated carbocycles. The SMILES string of the molecule is CC(Nc1nc2c(cc1C#N)COCC2)c1ccc2[nH]c(=O)[nH]c2c1. The average molecular weight is 335 g/mol. The predicted octanol–water partition coefficient (Wildman–Crippen LogP) is 2.37. The first-order valence-electron chi connectivity index (χ1n) is 8.13. The molecule has 1 aliphatic rings. The van der Waals surface area contributed by atoms with Crippen molar-refractivity contribution in [3.8, 4) is 6.07 Å². The van der Waals surface area contributed by atoms with Crippen molar-refractivity contribution in [3.05, 3.63) is 57.1 Å². The van der Waals surface area contributed by atoms with Gasteiger partial charge in [0.25, 0.3) is 0 Å². The third kappa shape index (κ3) is 2.88. The Balaban J connectivity index is 1.66. The van der Waals surface area contributed by atoms with Gasteiger partial charge < -0.3 is 20.0 Å². The average Bonchev–Trinajstić information content (AvgIpc) is 3.00. The van der Waals surface area contributed by atoms with E-state index >= 15 is 0 Å². The van der Waals surface area contributed by atoms with Crippen LogP contribution in [0.1, 0.15) is 35.3 Å². The number of ether oxygens (including phenoxy) is 1. The van der Waals surface area contributed by atoms with Crippen molar-refractivity contribution in [3.63, 3.8) is 0 Å². The van der Waals surface area contributed by atoms with Gasteiger partial charge >= 0.3 is 5.69 Å². The zero-order valence-electron chi connectivity index (χ0n) is 13.7. The Labute approximate surface area is 143 Å². The highest BCUT2D eigenvalue weighted by Crippen LogP contribution is 2.26. The summed E-state index contributed by atoms with van der Waals surface area (Å²) in [7, 11) is 0. The maximum Gasteiger partial charge on any atom is 0.323 e. The van der Waals surface area contributed by atoms with Crippen molar-refractivity contribution >= 4 is 16.9 Å². The third-order valence-electron chi connectivity index (χ3n) is 4.45. The minimum Gasteiger partial charge on any atom is -0.376 e. The molecule has 1 atom stereocenters. The van der Waals surface area contributed by atoms with Crippen LogP contribution in [0.5, 0.6) is 0 Å². The number of fused-ring (bicyclic) bond motifs is 2. The van der Waals surface area contributed by atoms with Crippen molar-refractivity contribution in [1.29, 1.82) is 5.26 Å². The lowest BCUT2D eigenvalue weighted by Gasteiger charge is -2.20. The van der Waals surface area contributed by atoms with Gasteiger partial charge in [0, 0.05) is 12.0 Å². The molecule has 1 aromatic carbocycles. The predicted molar refractivity (Wildman–Crippen MR) is 93.3 cm³/mol. The highest BCUT2D eigenvalue weighted by Gasteiger charge is 2.17. The van der Waals surface area contributed by atoms with E-state index in [0.29, 0.717) is 24.6 Å². The van der Waals surface area contributed by atoms with E-state index < -0.39 is 0 Å². The summed E-state index contributed by atoms with van der Waals surface area (Å²) in [6.45, 7) is 3.15. The summed E-state index contributed by atoms with van der Waals surface area (Å²) in [6, 6.07) is 9.71. The molecule has 1 aliphatic heterocycles. The fourth-order valence-electron chi connectivity index (χ4n) is 3.09. The third-order valence-corrected chi connectivity index (χ3v) is 4.45. The molecule has 0 spiro atoms. The van der Waals surface area contributed by atoms with Crippen LogP contribution in [0.25, 0.3) is 11.0 Å². The number of imidazole rings is 1. The molecule has 2 aromatic heterocycles. The fraction of sp³-hybridized carbons (Fsp3) is 0.278. The number of anilines is 1. The van der Waals surface area contributed by atoms with Gasteiger partial charge in [-0.15, -0.1) is 0 Å². The molecule has 3 aromatic rings. The number of rotatable bonds is 3. The molecule has 3 heterocycles. The minimum absolute atomic E-state index is 0.0692. The van der Waals surface area contributed by atoms with E-state index in [1.807, 2.05) is 31.2 Å². The van der Waals surface area contributed by atoms with E-state index in [2.05, 4.69) is 26.3 Å². The Morgan fingerprint density at radius 1 is 1.32 bits per heavy atom. The molecular formula is C18H17N5O2. The molecule has 25 heavy (non-hydrogen) atoms. The lowest BCUT2D eigenvalue weighted by atomic mass is 10.1. The van der Waals surface area contributed by atoms with Gasteiger partial charge in [-0.05, 0) is 30.7 Å². The van der Waals surface area contributed by atoms with Crippen LogP contribution in [0.3, 0.4) is 0 Å². The smallest absolute Gasteiger partial charge is 0.323 e. The summed E-state index contributed by atoms with van der Waals surface area (Å²) >= 11 is 0. The molecular weight excluding hydrogens is 318 g/mol. The molecule has 0 amide bonds. The van der Waals surface area contributed by atoms with Crippen molar-refractivity contribution in [2.24, 2.45) is 0 Å². The molecule has 0 fully saturated rings. The Kier molecular flexibility index (Phi) is 3.75. The maximum atomic E-state index is 11.4. The van der Waals surface area contributed by atoms with Crippen LogP contribution in [0.4, 0.5) is 5.82 Å². The van der Waals surface area contributed by atoms with Gasteiger partial charge in [-0.2, -0.15) is 5.26 Å². The number of benzene rings is 1. The molecule has 7 nitrogen and oxygen atoms in total. The number of aromatic amines is 2. The van der Waals surface area contributed by atoms with Gasteiger partial charge in [0.2, 0.25) is 0 Å². The molecule has 126 valence electrons. The summed E-state index contributed by atoms with van der Waals surface area (Å²) in [5.74, 6) is 0.582. The Hall–Kier alpha value is -3.11. The molecule has 0 radical (unpaired) electrons. The first-order valence-corrected chi connectivity index (χ1v) is 8.13. The number of hydrogen-bond donors (Lipinski definition) is 3. The fourth-order valence-corrected chi connectivity index (χ4v) is 3.09. The largest absolute Gasteiger partial charge is 0.376 e. The number of hydrogen-bond acceptors (Lipinski definition) is 5. The Bertz CT molecular complexity index is 1040. The summed E-state index contributed by atoms with van der Waals surface area (Å²) in [5.41, 5.74) is 4.76. The zero-order chi connectivity index (χ0) is 17.4.